The maximum Gasteiger partial charge on any atom is 0.314 e. The molecule has 17 heavy (non-hydrogen) atoms. The molecule has 0 aromatic heterocycles. The molecule has 0 aliphatic heterocycles. The maximum atomic E-state index is 14.1. The van der Waals surface area contributed by atoms with Crippen molar-refractivity contribution >= 4 is 5.97 Å². The lowest BCUT2D eigenvalue weighted by molar-refractivity contribution is -0.140. The number of carbonyl (C=O) groups is 1. The summed E-state index contributed by atoms with van der Waals surface area (Å²) in [5.41, 5.74) is -0.911. The molecule has 4 nitrogen and oxygen atoms in total. The fraction of sp³-hybridized carbons (Fsp3) is 0.417. The highest BCUT2D eigenvalue weighted by Gasteiger charge is 2.53. The quantitative estimate of drug-likeness (QED) is 0.874. The highest BCUT2D eigenvalue weighted by molar-refractivity contribution is 5.85. The number of carboxylic acid groups (broad SMARTS) is 1. The van der Waals surface area contributed by atoms with Crippen LogP contribution in [0.3, 0.4) is 0 Å². The number of hydrogen-bond acceptors (Lipinski definition) is 3. The monoisotopic (exact) mass is 240 g/mol. The molecule has 2 rings (SSSR count). The first-order valence-electron chi connectivity index (χ1n) is 5.21. The van der Waals surface area contributed by atoms with Gasteiger partial charge in [-0.25, -0.2) is 4.39 Å². The lowest BCUT2D eigenvalue weighted by atomic mass is 9.95. The van der Waals surface area contributed by atoms with Gasteiger partial charge in [0.25, 0.3) is 0 Å². The van der Waals surface area contributed by atoms with E-state index in [0.717, 1.165) is 0 Å². The average Bonchev–Trinajstić information content (AvgIpc) is 3.09. The Hall–Kier alpha value is -1.78. The molecule has 1 aliphatic carbocycles. The van der Waals surface area contributed by atoms with Gasteiger partial charge in [-0.1, -0.05) is 6.07 Å². The molecule has 1 fully saturated rings. The molecule has 92 valence electrons. The standard InChI is InChI=1S/C12H13FO4/c1-16-8-4-3-7(9(13)10(8)17-2)12(5-6-12)11(14)15/h3-4H,5-6H2,1-2H3,(H,14,15). The van der Waals surface area contributed by atoms with Crippen LogP contribution >= 0.6 is 0 Å². The summed E-state index contributed by atoms with van der Waals surface area (Å²) in [5, 5.41) is 9.13. The van der Waals surface area contributed by atoms with Crippen molar-refractivity contribution in [2.24, 2.45) is 0 Å². The molecule has 1 aromatic carbocycles. The summed E-state index contributed by atoms with van der Waals surface area (Å²) in [7, 11) is 2.73. The SMILES string of the molecule is COc1ccc(C2(C(=O)O)CC2)c(F)c1OC. The van der Waals surface area contributed by atoms with Crippen molar-refractivity contribution in [3.63, 3.8) is 0 Å². The zero-order valence-electron chi connectivity index (χ0n) is 9.62. The fourth-order valence-electron chi connectivity index (χ4n) is 1.98. The average molecular weight is 240 g/mol. The maximum absolute atomic E-state index is 14.1. The largest absolute Gasteiger partial charge is 0.493 e. The number of hydrogen-bond donors (Lipinski definition) is 1. The van der Waals surface area contributed by atoms with Crippen molar-refractivity contribution in [2.45, 2.75) is 18.3 Å². The molecule has 5 heteroatoms. The van der Waals surface area contributed by atoms with Crippen LogP contribution in [0.25, 0.3) is 0 Å². The predicted molar refractivity (Wildman–Crippen MR) is 58.1 cm³/mol. The number of carboxylic acids is 1. The minimum Gasteiger partial charge on any atom is -0.493 e. The number of rotatable bonds is 4. The minimum atomic E-state index is -1.08. The Bertz CT molecular complexity index is 466. The number of methoxy groups -OCH3 is 2. The second-order valence-corrected chi connectivity index (χ2v) is 4.05. The first kappa shape index (κ1) is 11.7. The van der Waals surface area contributed by atoms with Crippen LogP contribution in [0.5, 0.6) is 11.5 Å². The summed E-state index contributed by atoms with van der Waals surface area (Å²) >= 11 is 0. The number of aliphatic carboxylic acids is 1. The van der Waals surface area contributed by atoms with E-state index in [1.54, 1.807) is 0 Å². The van der Waals surface area contributed by atoms with Crippen LogP contribution in [0.4, 0.5) is 4.39 Å². The van der Waals surface area contributed by atoms with Crippen LogP contribution in [0.15, 0.2) is 12.1 Å². The van der Waals surface area contributed by atoms with Crippen LogP contribution in [0, 0.1) is 5.82 Å². The van der Waals surface area contributed by atoms with E-state index in [2.05, 4.69) is 0 Å². The van der Waals surface area contributed by atoms with E-state index in [4.69, 9.17) is 14.6 Å². The van der Waals surface area contributed by atoms with Gasteiger partial charge >= 0.3 is 5.97 Å². The Morgan fingerprint density at radius 3 is 2.41 bits per heavy atom. The Balaban J connectivity index is 2.54. The van der Waals surface area contributed by atoms with Gasteiger partial charge in [-0.2, -0.15) is 0 Å². The topological polar surface area (TPSA) is 55.8 Å². The minimum absolute atomic E-state index is 0.0440. The van der Waals surface area contributed by atoms with E-state index >= 15 is 0 Å². The van der Waals surface area contributed by atoms with Crippen LogP contribution in [0.2, 0.25) is 0 Å². The van der Waals surface area contributed by atoms with Gasteiger partial charge in [-0.3, -0.25) is 4.79 Å². The Morgan fingerprint density at radius 2 is 2.00 bits per heavy atom. The van der Waals surface area contributed by atoms with E-state index in [0.29, 0.717) is 12.8 Å². The highest BCUT2D eigenvalue weighted by Crippen LogP contribution is 2.51. The summed E-state index contributed by atoms with van der Waals surface area (Å²) in [6.07, 6.45) is 0.906. The second kappa shape index (κ2) is 3.91. The third-order valence-corrected chi connectivity index (χ3v) is 3.16. The van der Waals surface area contributed by atoms with Crippen molar-refractivity contribution in [1.82, 2.24) is 0 Å². The van der Waals surface area contributed by atoms with Crippen molar-refractivity contribution in [2.75, 3.05) is 14.2 Å². The molecule has 0 bridgehead atoms. The predicted octanol–water partition coefficient (Wildman–Crippen LogP) is 1.96. The molecule has 0 saturated heterocycles. The normalized spacial score (nSPS) is 16.4. The zero-order chi connectivity index (χ0) is 12.6. The molecule has 1 saturated carbocycles. The first-order chi connectivity index (χ1) is 8.06. The summed E-state index contributed by atoms with van der Waals surface area (Å²) in [6.45, 7) is 0. The van der Waals surface area contributed by atoms with Gasteiger partial charge in [0.1, 0.15) is 0 Å². The lowest BCUT2D eigenvalue weighted by Gasteiger charge is -2.15. The number of ether oxygens (including phenoxy) is 2. The highest BCUT2D eigenvalue weighted by atomic mass is 19.1. The lowest BCUT2D eigenvalue weighted by Crippen LogP contribution is -2.21. The molecule has 1 aromatic rings. The number of benzene rings is 1. The van der Waals surface area contributed by atoms with E-state index < -0.39 is 17.2 Å². The molecule has 0 atom stereocenters. The third kappa shape index (κ3) is 1.62. The van der Waals surface area contributed by atoms with E-state index in [1.165, 1.54) is 26.4 Å². The number of halogens is 1. The van der Waals surface area contributed by atoms with Crippen molar-refractivity contribution in [3.05, 3.63) is 23.5 Å². The van der Waals surface area contributed by atoms with Gasteiger partial charge in [0.15, 0.2) is 17.3 Å². The molecule has 0 amide bonds. The summed E-state index contributed by atoms with van der Waals surface area (Å²) in [4.78, 5) is 11.2. The molecule has 0 radical (unpaired) electrons. The Kier molecular flexibility index (Phi) is 2.69. The molecule has 0 spiro atoms. The van der Waals surface area contributed by atoms with Crippen molar-refractivity contribution < 1.29 is 23.8 Å². The van der Waals surface area contributed by atoms with E-state index in [-0.39, 0.29) is 17.1 Å². The van der Waals surface area contributed by atoms with Crippen LogP contribution in [-0.2, 0) is 10.2 Å². The molecule has 0 heterocycles. The third-order valence-electron chi connectivity index (χ3n) is 3.16. The van der Waals surface area contributed by atoms with E-state index in [1.807, 2.05) is 0 Å². The van der Waals surface area contributed by atoms with Crippen LogP contribution < -0.4 is 9.47 Å². The molecule has 1 aliphatic rings. The van der Waals surface area contributed by atoms with Gasteiger partial charge in [-0.05, 0) is 18.9 Å². The summed E-state index contributed by atoms with van der Waals surface area (Å²) in [5.74, 6) is -1.43. The van der Waals surface area contributed by atoms with Gasteiger partial charge < -0.3 is 14.6 Å². The fourth-order valence-corrected chi connectivity index (χ4v) is 1.98. The molecular weight excluding hydrogens is 227 g/mol. The summed E-state index contributed by atoms with van der Waals surface area (Å²) < 4.78 is 24.0. The Morgan fingerprint density at radius 1 is 1.35 bits per heavy atom. The van der Waals surface area contributed by atoms with Gasteiger partial charge in [0.05, 0.1) is 19.6 Å². The summed E-state index contributed by atoms with van der Waals surface area (Å²) in [6, 6.07) is 2.98. The zero-order valence-corrected chi connectivity index (χ0v) is 9.62. The Labute approximate surface area is 98.0 Å². The van der Waals surface area contributed by atoms with E-state index in [9.17, 15) is 9.18 Å². The second-order valence-electron chi connectivity index (χ2n) is 4.05. The smallest absolute Gasteiger partial charge is 0.314 e. The molecule has 1 N–H and O–H groups in total. The van der Waals surface area contributed by atoms with Gasteiger partial charge in [0.2, 0.25) is 0 Å². The van der Waals surface area contributed by atoms with Gasteiger partial charge in [-0.15, -0.1) is 0 Å². The molecule has 0 unspecified atom stereocenters. The first-order valence-corrected chi connectivity index (χ1v) is 5.21. The molecular formula is C12H13FO4. The van der Waals surface area contributed by atoms with Crippen molar-refractivity contribution in [1.29, 1.82) is 0 Å². The van der Waals surface area contributed by atoms with Crippen LogP contribution in [-0.4, -0.2) is 25.3 Å². The van der Waals surface area contributed by atoms with Crippen LogP contribution in [0.1, 0.15) is 18.4 Å². The van der Waals surface area contributed by atoms with Gasteiger partial charge in [0, 0.05) is 5.56 Å². The van der Waals surface area contributed by atoms with Crippen molar-refractivity contribution in [3.8, 4) is 11.5 Å².